The first kappa shape index (κ1) is 24.3. The molecule has 0 saturated heterocycles. The molecule has 1 amide bonds. The number of hydrogen-bond acceptors (Lipinski definition) is 8. The predicted molar refractivity (Wildman–Crippen MR) is 132 cm³/mol. The van der Waals surface area contributed by atoms with E-state index in [1.165, 1.54) is 6.07 Å². The van der Waals surface area contributed by atoms with Gasteiger partial charge in [0.1, 0.15) is 11.6 Å². The highest BCUT2D eigenvalue weighted by molar-refractivity contribution is 5.91. The topological polar surface area (TPSA) is 148 Å². The molecule has 37 heavy (non-hydrogen) atoms. The van der Waals surface area contributed by atoms with E-state index in [0.717, 1.165) is 11.1 Å². The molecule has 5 aromatic rings. The Bertz CT molecular complexity index is 1580. The number of aliphatic hydroxyl groups is 1. The first-order valence-electron chi connectivity index (χ1n) is 11.6. The number of halogens is 1. The lowest BCUT2D eigenvalue weighted by atomic mass is 9.97. The molecule has 0 fully saturated rings. The van der Waals surface area contributed by atoms with E-state index in [1.807, 2.05) is 20.8 Å². The van der Waals surface area contributed by atoms with Crippen molar-refractivity contribution in [3.05, 3.63) is 66.0 Å². The van der Waals surface area contributed by atoms with Gasteiger partial charge >= 0.3 is 0 Å². The van der Waals surface area contributed by atoms with Crippen LogP contribution in [0.2, 0.25) is 0 Å². The summed E-state index contributed by atoms with van der Waals surface area (Å²) in [5, 5.41) is 19.6. The predicted octanol–water partition coefficient (Wildman–Crippen LogP) is 3.23. The molecular weight excluding hydrogens is 479 g/mol. The number of carbonyl (C=O) groups excluding carboxylic acids is 1. The number of aromatic amines is 1. The van der Waals surface area contributed by atoms with Crippen molar-refractivity contribution >= 4 is 17.1 Å². The van der Waals surface area contributed by atoms with E-state index in [4.69, 9.17) is 9.63 Å². The Morgan fingerprint density at radius 2 is 2.05 bits per heavy atom. The second kappa shape index (κ2) is 9.54. The fraction of sp³-hybridized carbons (Fsp3) is 0.280. The van der Waals surface area contributed by atoms with Crippen molar-refractivity contribution in [1.29, 1.82) is 0 Å². The molecule has 0 radical (unpaired) electrons. The summed E-state index contributed by atoms with van der Waals surface area (Å²) in [6.45, 7) is 6.00. The number of hydrogen-bond donors (Lipinski definition) is 3. The Labute approximate surface area is 210 Å². The maximum atomic E-state index is 15.0. The molecule has 190 valence electrons. The molecular formula is C25H25FN8O3. The van der Waals surface area contributed by atoms with E-state index in [2.05, 4.69) is 35.5 Å². The lowest BCUT2D eigenvalue weighted by Crippen LogP contribution is -2.24. The highest BCUT2D eigenvalue weighted by atomic mass is 19.1. The Morgan fingerprint density at radius 1 is 1.22 bits per heavy atom. The number of amides is 1. The lowest BCUT2D eigenvalue weighted by molar-refractivity contribution is 0.0937. The van der Waals surface area contributed by atoms with Gasteiger partial charge in [-0.05, 0) is 17.7 Å². The zero-order valence-electron chi connectivity index (χ0n) is 20.5. The molecule has 0 unspecified atom stereocenters. The lowest BCUT2D eigenvalue weighted by Gasteiger charge is -2.10. The first-order chi connectivity index (χ1) is 17.7. The normalized spacial score (nSPS) is 11.8. The fourth-order valence-electron chi connectivity index (χ4n) is 3.73. The number of aromatic nitrogens is 7. The van der Waals surface area contributed by atoms with Crippen LogP contribution in [0.25, 0.3) is 33.7 Å². The van der Waals surface area contributed by atoms with Crippen LogP contribution in [0, 0.1) is 5.82 Å². The van der Waals surface area contributed by atoms with Crippen molar-refractivity contribution in [3.63, 3.8) is 0 Å². The van der Waals surface area contributed by atoms with Crippen LogP contribution in [-0.4, -0.2) is 52.5 Å². The van der Waals surface area contributed by atoms with Crippen LogP contribution in [0.5, 0.6) is 0 Å². The molecule has 11 nitrogen and oxygen atoms in total. The summed E-state index contributed by atoms with van der Waals surface area (Å²) in [5.74, 6) is -0.215. The van der Waals surface area contributed by atoms with Gasteiger partial charge in [0.05, 0.1) is 30.4 Å². The largest absolute Gasteiger partial charge is 0.394 e. The summed E-state index contributed by atoms with van der Waals surface area (Å²) in [5.41, 5.74) is 3.15. The van der Waals surface area contributed by atoms with Gasteiger partial charge in [-0.1, -0.05) is 38.1 Å². The van der Waals surface area contributed by atoms with Crippen LogP contribution in [0.4, 0.5) is 4.39 Å². The second-order valence-corrected chi connectivity index (χ2v) is 9.52. The van der Waals surface area contributed by atoms with Gasteiger partial charge in [-0.25, -0.2) is 14.4 Å². The molecule has 4 heterocycles. The number of rotatable bonds is 7. The van der Waals surface area contributed by atoms with Crippen LogP contribution >= 0.6 is 0 Å². The number of pyridine rings is 1. The first-order valence-corrected chi connectivity index (χ1v) is 11.6. The third-order valence-electron chi connectivity index (χ3n) is 5.70. The number of nitrogens with zero attached hydrogens (tertiary/aromatic N) is 6. The second-order valence-electron chi connectivity index (χ2n) is 9.52. The van der Waals surface area contributed by atoms with Crippen molar-refractivity contribution < 1.29 is 18.8 Å². The standard InChI is InChI=1S/C25H25FN8O3/c1-25(2,3)24-32-22(33-37-24)23(36)28-11-15-5-4-14(10-18(15)26)17-6-7-27-21-19(17)30-20(31-21)16-12-29-34(13-16)8-9-35/h4-7,10,12-13,35H,8-9,11H2,1-3H3,(H,28,36)(H,27,30,31). The molecule has 12 heteroatoms. The molecule has 0 aliphatic heterocycles. The Morgan fingerprint density at radius 3 is 2.78 bits per heavy atom. The molecule has 0 saturated carbocycles. The smallest absolute Gasteiger partial charge is 0.292 e. The maximum absolute atomic E-state index is 15.0. The third-order valence-corrected chi connectivity index (χ3v) is 5.70. The number of nitrogens with one attached hydrogen (secondary N) is 2. The zero-order valence-corrected chi connectivity index (χ0v) is 20.5. The highest BCUT2D eigenvalue weighted by Crippen LogP contribution is 2.29. The number of benzene rings is 1. The summed E-state index contributed by atoms with van der Waals surface area (Å²) >= 11 is 0. The molecule has 1 aromatic carbocycles. The molecule has 4 aromatic heterocycles. The number of H-pyrrole nitrogens is 1. The summed E-state index contributed by atoms with van der Waals surface area (Å²) in [4.78, 5) is 28.6. The van der Waals surface area contributed by atoms with Gasteiger partial charge in [0.25, 0.3) is 11.7 Å². The van der Waals surface area contributed by atoms with Crippen molar-refractivity contribution in [2.24, 2.45) is 0 Å². The number of imidazole rings is 1. The average molecular weight is 505 g/mol. The minimum Gasteiger partial charge on any atom is -0.394 e. The summed E-state index contributed by atoms with van der Waals surface area (Å²) in [7, 11) is 0. The van der Waals surface area contributed by atoms with Crippen molar-refractivity contribution in [2.45, 2.75) is 39.3 Å². The van der Waals surface area contributed by atoms with Crippen molar-refractivity contribution in [3.8, 4) is 22.5 Å². The van der Waals surface area contributed by atoms with E-state index >= 15 is 4.39 Å². The van der Waals surface area contributed by atoms with Crippen LogP contribution < -0.4 is 5.32 Å². The van der Waals surface area contributed by atoms with Gasteiger partial charge in [0, 0.05) is 35.5 Å². The van der Waals surface area contributed by atoms with E-state index in [0.29, 0.717) is 40.6 Å². The Balaban J connectivity index is 1.35. The van der Waals surface area contributed by atoms with Gasteiger partial charge in [-0.2, -0.15) is 10.1 Å². The summed E-state index contributed by atoms with van der Waals surface area (Å²) in [6, 6.07) is 6.57. The Kier molecular flexibility index (Phi) is 6.25. The van der Waals surface area contributed by atoms with E-state index in [-0.39, 0.29) is 24.4 Å². The monoisotopic (exact) mass is 504 g/mol. The fourth-order valence-corrected chi connectivity index (χ4v) is 3.73. The Hall–Kier alpha value is -4.45. The van der Waals surface area contributed by atoms with Gasteiger partial charge < -0.3 is 19.9 Å². The van der Waals surface area contributed by atoms with E-state index in [1.54, 1.807) is 41.5 Å². The molecule has 0 aliphatic rings. The van der Waals surface area contributed by atoms with E-state index in [9.17, 15) is 4.79 Å². The van der Waals surface area contributed by atoms with Gasteiger partial charge in [-0.3, -0.25) is 9.48 Å². The molecule has 5 rings (SSSR count). The van der Waals surface area contributed by atoms with Gasteiger partial charge in [-0.15, -0.1) is 0 Å². The SMILES string of the molecule is CC(C)(C)c1nc(C(=O)NCc2ccc(-c3ccnc4nc(-c5cnn(CCO)c5)[nH]c34)cc2F)no1. The summed E-state index contributed by atoms with van der Waals surface area (Å²) < 4.78 is 21.8. The molecule has 0 bridgehead atoms. The number of carbonyl (C=O) groups is 1. The molecule has 0 aliphatic carbocycles. The van der Waals surface area contributed by atoms with Gasteiger partial charge in [0.2, 0.25) is 5.89 Å². The van der Waals surface area contributed by atoms with Crippen LogP contribution in [0.3, 0.4) is 0 Å². The molecule has 0 atom stereocenters. The molecule has 0 spiro atoms. The van der Waals surface area contributed by atoms with Gasteiger partial charge in [0.15, 0.2) is 5.65 Å². The van der Waals surface area contributed by atoms with Crippen LogP contribution in [0.15, 0.2) is 47.4 Å². The van der Waals surface area contributed by atoms with E-state index < -0.39 is 11.7 Å². The van der Waals surface area contributed by atoms with Crippen molar-refractivity contribution in [2.75, 3.05) is 6.61 Å². The zero-order chi connectivity index (χ0) is 26.2. The van der Waals surface area contributed by atoms with Crippen LogP contribution in [-0.2, 0) is 18.5 Å². The number of fused-ring (bicyclic) bond motifs is 1. The minimum absolute atomic E-state index is 0.0204. The highest BCUT2D eigenvalue weighted by Gasteiger charge is 2.24. The summed E-state index contributed by atoms with van der Waals surface area (Å²) in [6.07, 6.45) is 5.03. The maximum Gasteiger partial charge on any atom is 0.292 e. The minimum atomic E-state index is -0.550. The third kappa shape index (κ3) is 4.96. The quantitative estimate of drug-likeness (QED) is 0.306. The molecule has 3 N–H and O–H groups in total. The van der Waals surface area contributed by atoms with Crippen LogP contribution in [0.1, 0.15) is 42.8 Å². The van der Waals surface area contributed by atoms with Crippen molar-refractivity contribution in [1.82, 2.24) is 40.2 Å². The average Bonchev–Trinajstić information content (AvgIpc) is 3.62. The number of aliphatic hydroxyl groups excluding tert-OH is 1.